The molecule has 1 aromatic heterocycles. The second-order valence-corrected chi connectivity index (χ2v) is 6.77. The molecule has 4 rings (SSSR count). The number of benzene rings is 3. The molecule has 29 heavy (non-hydrogen) atoms. The largest absolute Gasteiger partial charge is 0.247 e. The van der Waals surface area contributed by atoms with Crippen molar-refractivity contribution in [3.05, 3.63) is 96.1 Å². The predicted molar refractivity (Wildman–Crippen MR) is 112 cm³/mol. The lowest BCUT2D eigenvalue weighted by molar-refractivity contribution is 0.629. The van der Waals surface area contributed by atoms with Gasteiger partial charge in [-0.2, -0.15) is 5.26 Å². The summed E-state index contributed by atoms with van der Waals surface area (Å²) in [6.45, 7) is 5.67. The lowest BCUT2D eigenvalue weighted by Gasteiger charge is -2.14. The number of pyridine rings is 1. The van der Waals surface area contributed by atoms with E-state index in [1.165, 1.54) is 18.2 Å². The van der Waals surface area contributed by atoms with Gasteiger partial charge in [0.1, 0.15) is 11.6 Å². The summed E-state index contributed by atoms with van der Waals surface area (Å²) in [5.74, 6) is -0.678. The molecule has 0 bridgehead atoms. The van der Waals surface area contributed by atoms with E-state index in [1.54, 1.807) is 24.3 Å². The van der Waals surface area contributed by atoms with Gasteiger partial charge in [0.2, 0.25) is 0 Å². The van der Waals surface area contributed by atoms with Crippen molar-refractivity contribution in [1.82, 2.24) is 4.98 Å². The van der Waals surface area contributed by atoms with Gasteiger partial charge in [0.05, 0.1) is 22.9 Å². The third-order valence-electron chi connectivity index (χ3n) is 4.97. The van der Waals surface area contributed by atoms with Crippen LogP contribution in [0.3, 0.4) is 0 Å². The van der Waals surface area contributed by atoms with E-state index >= 15 is 0 Å². The summed E-state index contributed by atoms with van der Waals surface area (Å²) in [7, 11) is 0. The maximum atomic E-state index is 14.1. The summed E-state index contributed by atoms with van der Waals surface area (Å²) < 4.78 is 27.9. The van der Waals surface area contributed by atoms with Gasteiger partial charge in [-0.1, -0.05) is 49.0 Å². The van der Waals surface area contributed by atoms with Crippen LogP contribution >= 0.6 is 0 Å². The van der Waals surface area contributed by atoms with E-state index in [0.717, 1.165) is 16.7 Å². The highest BCUT2D eigenvalue weighted by Crippen LogP contribution is 2.34. The first kappa shape index (κ1) is 18.5. The molecule has 3 aromatic carbocycles. The molecule has 2 nitrogen and oxygen atoms in total. The third kappa shape index (κ3) is 3.28. The quantitative estimate of drug-likeness (QED) is 0.370. The fourth-order valence-corrected chi connectivity index (χ4v) is 3.56. The predicted octanol–water partition coefficient (Wildman–Crippen LogP) is 6.69. The molecule has 1 heterocycles. The Labute approximate surface area is 167 Å². The van der Waals surface area contributed by atoms with E-state index in [0.29, 0.717) is 27.7 Å². The van der Waals surface area contributed by atoms with Gasteiger partial charge >= 0.3 is 0 Å². The number of hydrogen-bond donors (Lipinski definition) is 0. The van der Waals surface area contributed by atoms with Crippen molar-refractivity contribution in [3.8, 4) is 28.5 Å². The van der Waals surface area contributed by atoms with Gasteiger partial charge in [-0.05, 0) is 42.3 Å². The van der Waals surface area contributed by atoms with Crippen molar-refractivity contribution < 1.29 is 8.78 Å². The van der Waals surface area contributed by atoms with Crippen LogP contribution in [0.2, 0.25) is 0 Å². The molecule has 140 valence electrons. The Kier molecular flexibility index (Phi) is 4.66. The smallest absolute Gasteiger partial charge is 0.131 e. The van der Waals surface area contributed by atoms with Gasteiger partial charge < -0.3 is 0 Å². The minimum atomic E-state index is -0.396. The monoisotopic (exact) mass is 382 g/mol. The zero-order valence-electron chi connectivity index (χ0n) is 15.7. The van der Waals surface area contributed by atoms with Crippen LogP contribution in [-0.2, 0) is 0 Å². The molecule has 0 saturated carbocycles. The van der Waals surface area contributed by atoms with Crippen molar-refractivity contribution in [2.45, 2.75) is 6.92 Å². The van der Waals surface area contributed by atoms with Crippen LogP contribution in [0.4, 0.5) is 8.78 Å². The molecule has 0 aliphatic carbocycles. The van der Waals surface area contributed by atoms with Crippen molar-refractivity contribution >= 4 is 16.5 Å². The van der Waals surface area contributed by atoms with Crippen LogP contribution in [0.5, 0.6) is 0 Å². The Hall–Kier alpha value is -3.84. The normalized spacial score (nSPS) is 10.7. The zero-order valence-corrected chi connectivity index (χ0v) is 15.7. The molecule has 0 unspecified atom stereocenters. The van der Waals surface area contributed by atoms with Gasteiger partial charge in [0, 0.05) is 22.1 Å². The summed E-state index contributed by atoms with van der Waals surface area (Å²) >= 11 is 0. The van der Waals surface area contributed by atoms with E-state index < -0.39 is 5.82 Å². The molecule has 0 fully saturated rings. The molecule has 0 spiro atoms. The van der Waals surface area contributed by atoms with E-state index in [1.807, 2.05) is 31.2 Å². The van der Waals surface area contributed by atoms with E-state index in [4.69, 9.17) is 4.98 Å². The van der Waals surface area contributed by atoms with Crippen molar-refractivity contribution in [1.29, 1.82) is 5.26 Å². The zero-order chi connectivity index (χ0) is 20.5. The minimum absolute atomic E-state index is 0.254. The Balaban J connectivity index is 1.89. The van der Waals surface area contributed by atoms with E-state index in [2.05, 4.69) is 12.6 Å². The minimum Gasteiger partial charge on any atom is -0.247 e. The van der Waals surface area contributed by atoms with Crippen LogP contribution < -0.4 is 0 Å². The van der Waals surface area contributed by atoms with Crippen molar-refractivity contribution in [2.24, 2.45) is 0 Å². The van der Waals surface area contributed by atoms with Gasteiger partial charge in [-0.25, -0.2) is 13.8 Å². The number of hydrogen-bond acceptors (Lipinski definition) is 2. The summed E-state index contributed by atoms with van der Waals surface area (Å²) in [5, 5.41) is 9.95. The molecular weight excluding hydrogens is 366 g/mol. The second-order valence-electron chi connectivity index (χ2n) is 6.77. The van der Waals surface area contributed by atoms with Crippen molar-refractivity contribution in [2.75, 3.05) is 0 Å². The molecule has 0 aliphatic rings. The lowest BCUT2D eigenvalue weighted by atomic mass is 9.93. The number of halogens is 2. The number of rotatable bonds is 3. The average Bonchev–Trinajstić information content (AvgIpc) is 2.73. The Morgan fingerprint density at radius 2 is 1.66 bits per heavy atom. The molecule has 4 heteroatoms. The fourth-order valence-electron chi connectivity index (χ4n) is 3.56. The number of aromatic nitrogens is 1. The molecule has 0 atom stereocenters. The molecule has 0 aliphatic heterocycles. The second kappa shape index (κ2) is 7.29. The average molecular weight is 382 g/mol. The van der Waals surface area contributed by atoms with Crippen LogP contribution in [0.1, 0.15) is 11.1 Å². The first-order chi connectivity index (χ1) is 14.0. The SMILES string of the molecule is C=C(C#N)c1c(C)c(-c2ccc(-c3ccccc3F)cc2)nc2ccc(F)cc12. The Bertz CT molecular complexity index is 1300. The van der Waals surface area contributed by atoms with Crippen LogP contribution in [0.15, 0.2) is 73.3 Å². The van der Waals surface area contributed by atoms with Gasteiger partial charge in [0.25, 0.3) is 0 Å². The molecule has 4 aromatic rings. The van der Waals surface area contributed by atoms with E-state index in [-0.39, 0.29) is 11.4 Å². The van der Waals surface area contributed by atoms with Gasteiger partial charge in [0.15, 0.2) is 0 Å². The van der Waals surface area contributed by atoms with Gasteiger partial charge in [-0.15, -0.1) is 0 Å². The van der Waals surface area contributed by atoms with Gasteiger partial charge in [-0.3, -0.25) is 0 Å². The highest BCUT2D eigenvalue weighted by atomic mass is 19.1. The van der Waals surface area contributed by atoms with Crippen LogP contribution in [0, 0.1) is 29.9 Å². The highest BCUT2D eigenvalue weighted by molar-refractivity contribution is 5.98. The number of nitrogens with zero attached hydrogens (tertiary/aromatic N) is 2. The molecule has 0 radical (unpaired) electrons. The summed E-state index contributed by atoms with van der Waals surface area (Å²) in [6.07, 6.45) is 0. The summed E-state index contributed by atoms with van der Waals surface area (Å²) in [6, 6.07) is 20.4. The highest BCUT2D eigenvalue weighted by Gasteiger charge is 2.16. The Morgan fingerprint density at radius 3 is 2.34 bits per heavy atom. The third-order valence-corrected chi connectivity index (χ3v) is 4.97. The number of fused-ring (bicyclic) bond motifs is 1. The molecule has 0 N–H and O–H groups in total. The molecular formula is C25H16F2N2. The Morgan fingerprint density at radius 1 is 0.966 bits per heavy atom. The van der Waals surface area contributed by atoms with E-state index in [9.17, 15) is 14.0 Å². The van der Waals surface area contributed by atoms with Crippen LogP contribution in [-0.4, -0.2) is 4.98 Å². The standard InChI is InChI=1S/C25H16F2N2/c1-15(14-28)24-16(2)25(29-23-12-11-19(26)13-21(23)24)18-9-7-17(8-10-18)20-5-3-4-6-22(20)27/h3-13H,1H2,2H3. The fraction of sp³-hybridized carbons (Fsp3) is 0.0400. The maximum absolute atomic E-state index is 14.1. The topological polar surface area (TPSA) is 36.7 Å². The first-order valence-electron chi connectivity index (χ1n) is 9.04. The lowest BCUT2D eigenvalue weighted by Crippen LogP contribution is -1.98. The van der Waals surface area contributed by atoms with Crippen LogP contribution in [0.25, 0.3) is 38.9 Å². The van der Waals surface area contributed by atoms with Crippen molar-refractivity contribution in [3.63, 3.8) is 0 Å². The first-order valence-corrected chi connectivity index (χ1v) is 9.04. The summed E-state index contributed by atoms with van der Waals surface area (Å²) in [4.78, 5) is 4.69. The summed E-state index contributed by atoms with van der Waals surface area (Å²) in [5.41, 5.74) is 4.95. The maximum Gasteiger partial charge on any atom is 0.131 e. The molecule has 0 saturated heterocycles. The number of nitriles is 1. The molecule has 0 amide bonds. The number of allylic oxidation sites excluding steroid dienone is 1.